The van der Waals surface area contributed by atoms with Crippen molar-refractivity contribution in [2.75, 3.05) is 0 Å². The largest absolute Gasteiger partial charge is 0.506 e. The molecule has 0 saturated carbocycles. The third-order valence-corrected chi connectivity index (χ3v) is 5.77. The highest BCUT2D eigenvalue weighted by atomic mass is 79.9. The molecule has 0 unspecified atom stereocenters. The van der Waals surface area contributed by atoms with Gasteiger partial charge in [0.25, 0.3) is 10.0 Å². The van der Waals surface area contributed by atoms with E-state index in [0.717, 1.165) is 10.0 Å². The highest BCUT2D eigenvalue weighted by Crippen LogP contribution is 2.30. The van der Waals surface area contributed by atoms with Crippen LogP contribution in [-0.2, 0) is 15.4 Å². The fourth-order valence-electron chi connectivity index (χ4n) is 2.04. The van der Waals surface area contributed by atoms with E-state index in [0.29, 0.717) is 10.0 Å². The maximum Gasteiger partial charge on any atom is 0.276 e. The molecule has 0 fully saturated rings. The number of phenolic OH excluding ortho intramolecular Hbond substituents is 1. The third-order valence-electron chi connectivity index (χ3n) is 3.46. The van der Waals surface area contributed by atoms with E-state index < -0.39 is 10.0 Å². The number of aromatic hydroxyl groups is 1. The molecule has 0 aliphatic rings. The van der Waals surface area contributed by atoms with E-state index in [1.165, 1.54) is 6.21 Å². The van der Waals surface area contributed by atoms with Crippen LogP contribution in [0.15, 0.2) is 55.3 Å². The molecule has 0 spiro atoms. The Morgan fingerprint density at radius 2 is 1.72 bits per heavy atom. The molecule has 0 aliphatic heterocycles. The van der Waals surface area contributed by atoms with Gasteiger partial charge in [0.1, 0.15) is 5.75 Å². The summed E-state index contributed by atoms with van der Waals surface area (Å²) in [5.74, 6) is -0.0271. The predicted octanol–water partition coefficient (Wildman–Crippen LogP) is 4.53. The van der Waals surface area contributed by atoms with Crippen LogP contribution in [-0.4, -0.2) is 19.7 Å². The highest BCUT2D eigenvalue weighted by molar-refractivity contribution is 9.11. The van der Waals surface area contributed by atoms with Gasteiger partial charge in [-0.2, -0.15) is 13.5 Å². The molecule has 2 rings (SSSR count). The summed E-state index contributed by atoms with van der Waals surface area (Å²) in [5, 5.41) is 13.7. The smallest absolute Gasteiger partial charge is 0.276 e. The molecule has 5 nitrogen and oxygen atoms in total. The van der Waals surface area contributed by atoms with Gasteiger partial charge >= 0.3 is 0 Å². The van der Waals surface area contributed by atoms with Crippen molar-refractivity contribution in [1.29, 1.82) is 0 Å². The van der Waals surface area contributed by atoms with Crippen LogP contribution in [0, 0.1) is 0 Å². The first kappa shape index (κ1) is 19.9. The summed E-state index contributed by atoms with van der Waals surface area (Å²) >= 11 is 6.50. The molecule has 0 aromatic heterocycles. The molecule has 134 valence electrons. The zero-order valence-corrected chi connectivity index (χ0v) is 17.9. The summed E-state index contributed by atoms with van der Waals surface area (Å²) < 4.78 is 25.8. The van der Waals surface area contributed by atoms with Gasteiger partial charge < -0.3 is 5.11 Å². The molecule has 0 radical (unpaired) electrons. The number of hydrazone groups is 1. The average Bonchev–Trinajstić information content (AvgIpc) is 2.51. The minimum Gasteiger partial charge on any atom is -0.506 e. The molecule has 8 heteroatoms. The van der Waals surface area contributed by atoms with Crippen molar-refractivity contribution in [3.63, 3.8) is 0 Å². The van der Waals surface area contributed by atoms with Crippen LogP contribution in [0.1, 0.15) is 31.9 Å². The number of nitrogens with zero attached hydrogens (tertiary/aromatic N) is 1. The molecule has 0 bridgehead atoms. The Morgan fingerprint density at radius 3 is 2.28 bits per heavy atom. The van der Waals surface area contributed by atoms with Crippen LogP contribution in [0.5, 0.6) is 5.75 Å². The zero-order chi connectivity index (χ0) is 18.8. The monoisotopic (exact) mass is 488 g/mol. The molecular weight excluding hydrogens is 472 g/mol. The Bertz CT molecular complexity index is 903. The highest BCUT2D eigenvalue weighted by Gasteiger charge is 2.17. The number of hydrogen-bond acceptors (Lipinski definition) is 4. The summed E-state index contributed by atoms with van der Waals surface area (Å²) in [6, 6.07) is 9.96. The van der Waals surface area contributed by atoms with E-state index in [1.807, 2.05) is 0 Å². The molecule has 2 N–H and O–H groups in total. The first-order valence-corrected chi connectivity index (χ1v) is 10.4. The summed E-state index contributed by atoms with van der Waals surface area (Å²) in [6.07, 6.45) is 1.24. The fourth-order valence-corrected chi connectivity index (χ4v) is 4.09. The van der Waals surface area contributed by atoms with E-state index >= 15 is 0 Å². The van der Waals surface area contributed by atoms with Gasteiger partial charge in [-0.05, 0) is 51.2 Å². The second-order valence-corrected chi connectivity index (χ2v) is 9.88. The molecule has 0 aliphatic carbocycles. The van der Waals surface area contributed by atoms with Gasteiger partial charge in [0.05, 0.1) is 15.6 Å². The molecular formula is C17H18Br2N2O3S. The maximum atomic E-state index is 12.3. The lowest BCUT2D eigenvalue weighted by atomic mass is 9.87. The molecule has 2 aromatic rings. The Morgan fingerprint density at radius 1 is 1.12 bits per heavy atom. The van der Waals surface area contributed by atoms with E-state index in [-0.39, 0.29) is 16.1 Å². The number of hydrogen-bond donors (Lipinski definition) is 2. The van der Waals surface area contributed by atoms with E-state index in [9.17, 15) is 13.5 Å². The molecule has 0 atom stereocenters. The topological polar surface area (TPSA) is 78.8 Å². The predicted molar refractivity (Wildman–Crippen MR) is 107 cm³/mol. The first-order chi connectivity index (χ1) is 11.5. The van der Waals surface area contributed by atoms with Gasteiger partial charge in [-0.25, -0.2) is 4.83 Å². The summed E-state index contributed by atoms with van der Waals surface area (Å²) in [6.45, 7) is 6.17. The van der Waals surface area contributed by atoms with Crippen molar-refractivity contribution in [3.8, 4) is 5.75 Å². The second kappa shape index (κ2) is 7.47. The van der Waals surface area contributed by atoms with Crippen LogP contribution in [0.2, 0.25) is 0 Å². The van der Waals surface area contributed by atoms with Crippen LogP contribution in [0.25, 0.3) is 0 Å². The summed E-state index contributed by atoms with van der Waals surface area (Å²) in [5.41, 5.74) is 1.35. The Kier molecular flexibility index (Phi) is 5.96. The molecule has 0 saturated heterocycles. The fraction of sp³-hybridized carbons (Fsp3) is 0.235. The van der Waals surface area contributed by atoms with Gasteiger partial charge in [0.15, 0.2) is 0 Å². The van der Waals surface area contributed by atoms with Crippen molar-refractivity contribution >= 4 is 48.1 Å². The van der Waals surface area contributed by atoms with Crippen molar-refractivity contribution < 1.29 is 13.5 Å². The second-order valence-electron chi connectivity index (χ2n) is 6.45. The lowest BCUT2D eigenvalue weighted by molar-refractivity contribution is 0.471. The van der Waals surface area contributed by atoms with Crippen LogP contribution in [0.4, 0.5) is 0 Å². The van der Waals surface area contributed by atoms with Gasteiger partial charge in [0, 0.05) is 10.0 Å². The summed E-state index contributed by atoms with van der Waals surface area (Å²) in [7, 11) is -3.78. The van der Waals surface area contributed by atoms with E-state index in [4.69, 9.17) is 0 Å². The number of nitrogens with one attached hydrogen (secondary N) is 1. The number of benzene rings is 2. The lowest BCUT2D eigenvalue weighted by Crippen LogP contribution is -2.19. The quantitative estimate of drug-likeness (QED) is 0.489. The minimum absolute atomic E-state index is 0.0271. The van der Waals surface area contributed by atoms with Crippen molar-refractivity contribution in [1.82, 2.24) is 4.83 Å². The van der Waals surface area contributed by atoms with Gasteiger partial charge in [-0.3, -0.25) is 0 Å². The molecule has 0 amide bonds. The SMILES string of the molecule is CC(C)(C)c1ccc(S(=O)(=O)N/N=C\c2cc(Br)cc(Br)c2O)cc1. The van der Waals surface area contributed by atoms with Crippen molar-refractivity contribution in [2.45, 2.75) is 31.1 Å². The summed E-state index contributed by atoms with van der Waals surface area (Å²) in [4.78, 5) is 2.27. The lowest BCUT2D eigenvalue weighted by Gasteiger charge is -2.19. The van der Waals surface area contributed by atoms with Crippen molar-refractivity contribution in [3.05, 3.63) is 56.5 Å². The van der Waals surface area contributed by atoms with Gasteiger partial charge in [-0.1, -0.05) is 48.8 Å². The molecule has 2 aromatic carbocycles. The minimum atomic E-state index is -3.78. The molecule has 0 heterocycles. The maximum absolute atomic E-state index is 12.3. The van der Waals surface area contributed by atoms with E-state index in [2.05, 4.69) is 62.6 Å². The average molecular weight is 490 g/mol. The van der Waals surface area contributed by atoms with Crippen LogP contribution >= 0.6 is 31.9 Å². The number of rotatable bonds is 4. The Hall–Kier alpha value is -1.38. The normalized spacial score (nSPS) is 12.5. The Balaban J connectivity index is 2.19. The third kappa shape index (κ3) is 5.05. The first-order valence-electron chi connectivity index (χ1n) is 7.34. The Labute approximate surface area is 164 Å². The van der Waals surface area contributed by atoms with Crippen molar-refractivity contribution in [2.24, 2.45) is 5.10 Å². The van der Waals surface area contributed by atoms with Crippen LogP contribution < -0.4 is 4.83 Å². The number of phenols is 1. The number of sulfonamides is 1. The van der Waals surface area contributed by atoms with Crippen LogP contribution in [0.3, 0.4) is 0 Å². The van der Waals surface area contributed by atoms with Gasteiger partial charge in [-0.15, -0.1) is 0 Å². The van der Waals surface area contributed by atoms with Gasteiger partial charge in [0.2, 0.25) is 0 Å². The van der Waals surface area contributed by atoms with E-state index in [1.54, 1.807) is 36.4 Å². The zero-order valence-electron chi connectivity index (χ0n) is 13.9. The standard InChI is InChI=1S/C17H18Br2N2O3S/c1-17(2,3)12-4-6-14(7-5-12)25(23,24)21-20-10-11-8-13(18)9-15(19)16(11)22/h4-10,21-22H,1-3H3/b20-10-. The molecule has 25 heavy (non-hydrogen) atoms. The number of halogens is 2.